The average Bonchev–Trinajstić information content (AvgIpc) is 2.74. The van der Waals surface area contributed by atoms with Gasteiger partial charge in [0.15, 0.2) is 0 Å². The maximum Gasteiger partial charge on any atom is 0.242 e. The first kappa shape index (κ1) is 12.5. The summed E-state index contributed by atoms with van der Waals surface area (Å²) in [5.74, 6) is 0.358. The average molecular weight is 255 g/mol. The van der Waals surface area contributed by atoms with Crippen LogP contribution in [-0.4, -0.2) is 26.0 Å². The zero-order valence-electron chi connectivity index (χ0n) is 9.54. The van der Waals surface area contributed by atoms with Gasteiger partial charge in [0.25, 0.3) is 0 Å². The van der Waals surface area contributed by atoms with Crippen LogP contribution >= 0.6 is 0 Å². The van der Waals surface area contributed by atoms with E-state index in [0.717, 1.165) is 19.3 Å². The lowest BCUT2D eigenvalue weighted by molar-refractivity contribution is 0.512. The van der Waals surface area contributed by atoms with Crippen LogP contribution in [0.2, 0.25) is 0 Å². The second-order valence-electron chi connectivity index (χ2n) is 4.48. The monoisotopic (exact) mass is 255 g/mol. The molecule has 94 valence electrons. The van der Waals surface area contributed by atoms with Crippen molar-refractivity contribution in [1.82, 2.24) is 9.71 Å². The van der Waals surface area contributed by atoms with E-state index in [-0.39, 0.29) is 10.9 Å². The Labute approximate surface area is 101 Å². The zero-order chi connectivity index (χ0) is 12.3. The molecule has 1 saturated carbocycles. The quantitative estimate of drug-likeness (QED) is 0.820. The molecule has 3 N–H and O–H groups in total. The van der Waals surface area contributed by atoms with Crippen molar-refractivity contribution < 1.29 is 8.42 Å². The SMILES string of the molecule is NC1CCC(CNS(=O)(=O)c2cccnc2)C1. The fourth-order valence-corrected chi connectivity index (χ4v) is 3.20. The van der Waals surface area contributed by atoms with Crippen LogP contribution in [0.4, 0.5) is 0 Å². The summed E-state index contributed by atoms with van der Waals surface area (Å²) in [4.78, 5) is 4.01. The number of pyridine rings is 1. The van der Waals surface area contributed by atoms with Crippen molar-refractivity contribution in [2.45, 2.75) is 30.2 Å². The number of nitrogens with one attached hydrogen (secondary N) is 1. The van der Waals surface area contributed by atoms with Crippen LogP contribution in [0, 0.1) is 5.92 Å². The van der Waals surface area contributed by atoms with Crippen LogP contribution in [0.1, 0.15) is 19.3 Å². The van der Waals surface area contributed by atoms with Gasteiger partial charge in [-0.05, 0) is 37.3 Å². The zero-order valence-corrected chi connectivity index (χ0v) is 10.4. The molecule has 1 aromatic rings. The number of aromatic nitrogens is 1. The maximum absolute atomic E-state index is 11.9. The molecule has 0 saturated heterocycles. The van der Waals surface area contributed by atoms with E-state index in [1.54, 1.807) is 12.3 Å². The Morgan fingerprint density at radius 3 is 2.88 bits per heavy atom. The van der Waals surface area contributed by atoms with E-state index in [0.29, 0.717) is 12.5 Å². The number of hydrogen-bond donors (Lipinski definition) is 2. The molecule has 6 heteroatoms. The van der Waals surface area contributed by atoms with Crippen LogP contribution in [0.3, 0.4) is 0 Å². The lowest BCUT2D eigenvalue weighted by Crippen LogP contribution is -2.29. The van der Waals surface area contributed by atoms with E-state index in [1.165, 1.54) is 12.3 Å². The van der Waals surface area contributed by atoms with Crippen LogP contribution in [0.5, 0.6) is 0 Å². The van der Waals surface area contributed by atoms with Crippen LogP contribution in [0.15, 0.2) is 29.4 Å². The Morgan fingerprint density at radius 1 is 1.47 bits per heavy atom. The molecule has 2 rings (SSSR count). The van der Waals surface area contributed by atoms with Gasteiger partial charge in [-0.2, -0.15) is 0 Å². The van der Waals surface area contributed by atoms with Gasteiger partial charge >= 0.3 is 0 Å². The number of hydrogen-bond acceptors (Lipinski definition) is 4. The van der Waals surface area contributed by atoms with Crippen LogP contribution in [-0.2, 0) is 10.0 Å². The highest BCUT2D eigenvalue weighted by Crippen LogP contribution is 2.23. The molecule has 1 aliphatic rings. The highest BCUT2D eigenvalue weighted by atomic mass is 32.2. The topological polar surface area (TPSA) is 85.1 Å². The van der Waals surface area contributed by atoms with E-state index in [2.05, 4.69) is 9.71 Å². The van der Waals surface area contributed by atoms with E-state index in [9.17, 15) is 8.42 Å². The third-order valence-electron chi connectivity index (χ3n) is 3.09. The summed E-state index contributed by atoms with van der Waals surface area (Å²) < 4.78 is 26.4. The molecule has 2 atom stereocenters. The van der Waals surface area contributed by atoms with Crippen LogP contribution in [0.25, 0.3) is 0 Å². The van der Waals surface area contributed by atoms with Crippen LogP contribution < -0.4 is 10.5 Å². The third kappa shape index (κ3) is 3.24. The van der Waals surface area contributed by atoms with Gasteiger partial charge in [-0.3, -0.25) is 4.98 Å². The summed E-state index contributed by atoms with van der Waals surface area (Å²) >= 11 is 0. The summed E-state index contributed by atoms with van der Waals surface area (Å²) in [6.45, 7) is 0.463. The molecule has 1 fully saturated rings. The summed E-state index contributed by atoms with van der Waals surface area (Å²) in [6.07, 6.45) is 5.78. The maximum atomic E-state index is 11.9. The molecule has 1 aromatic heterocycles. The highest BCUT2D eigenvalue weighted by Gasteiger charge is 2.23. The second-order valence-corrected chi connectivity index (χ2v) is 6.25. The van der Waals surface area contributed by atoms with E-state index >= 15 is 0 Å². The summed E-state index contributed by atoms with van der Waals surface area (Å²) in [7, 11) is -3.42. The number of nitrogens with two attached hydrogens (primary N) is 1. The van der Waals surface area contributed by atoms with Gasteiger partial charge in [-0.15, -0.1) is 0 Å². The Balaban J connectivity index is 1.95. The molecule has 17 heavy (non-hydrogen) atoms. The molecular weight excluding hydrogens is 238 g/mol. The van der Waals surface area contributed by atoms with E-state index in [1.807, 2.05) is 0 Å². The Morgan fingerprint density at radius 2 is 2.29 bits per heavy atom. The molecule has 0 amide bonds. The van der Waals surface area contributed by atoms with Gasteiger partial charge in [0.1, 0.15) is 4.90 Å². The second kappa shape index (κ2) is 5.12. The molecular formula is C11H17N3O2S. The normalized spacial score (nSPS) is 25.0. The molecule has 0 radical (unpaired) electrons. The molecule has 0 spiro atoms. The van der Waals surface area contributed by atoms with Gasteiger partial charge in [0, 0.05) is 25.0 Å². The van der Waals surface area contributed by atoms with Gasteiger partial charge < -0.3 is 5.73 Å². The van der Waals surface area contributed by atoms with Crippen molar-refractivity contribution in [3.05, 3.63) is 24.5 Å². The minimum Gasteiger partial charge on any atom is -0.328 e. The van der Waals surface area contributed by atoms with Crippen molar-refractivity contribution in [2.75, 3.05) is 6.54 Å². The fraction of sp³-hybridized carbons (Fsp3) is 0.545. The standard InChI is InChI=1S/C11H17N3O2S/c12-10-4-3-9(6-10)7-14-17(15,16)11-2-1-5-13-8-11/h1-2,5,8-10,14H,3-4,6-7,12H2. The first-order chi connectivity index (χ1) is 8.08. The van der Waals surface area contributed by atoms with Crippen molar-refractivity contribution >= 4 is 10.0 Å². The van der Waals surface area contributed by atoms with E-state index < -0.39 is 10.0 Å². The van der Waals surface area contributed by atoms with Gasteiger partial charge in [0.2, 0.25) is 10.0 Å². The molecule has 1 aliphatic carbocycles. The van der Waals surface area contributed by atoms with Crippen molar-refractivity contribution in [3.63, 3.8) is 0 Å². The Kier molecular flexibility index (Phi) is 3.76. The molecule has 1 heterocycles. The smallest absolute Gasteiger partial charge is 0.242 e. The third-order valence-corrected chi connectivity index (χ3v) is 4.50. The highest BCUT2D eigenvalue weighted by molar-refractivity contribution is 7.89. The molecule has 2 unspecified atom stereocenters. The minimum atomic E-state index is -3.42. The number of nitrogens with zero attached hydrogens (tertiary/aromatic N) is 1. The molecule has 0 aliphatic heterocycles. The Hall–Kier alpha value is -0.980. The first-order valence-corrected chi connectivity index (χ1v) is 7.21. The first-order valence-electron chi connectivity index (χ1n) is 5.73. The van der Waals surface area contributed by atoms with Crippen molar-refractivity contribution in [1.29, 1.82) is 0 Å². The molecule has 5 nitrogen and oxygen atoms in total. The Bertz CT molecular complexity index is 461. The summed E-state index contributed by atoms with van der Waals surface area (Å²) in [5, 5.41) is 0. The summed E-state index contributed by atoms with van der Waals surface area (Å²) in [5.41, 5.74) is 5.79. The van der Waals surface area contributed by atoms with Crippen molar-refractivity contribution in [3.8, 4) is 0 Å². The fourth-order valence-electron chi connectivity index (χ4n) is 2.12. The lowest BCUT2D eigenvalue weighted by Gasteiger charge is -2.11. The predicted molar refractivity (Wildman–Crippen MR) is 64.7 cm³/mol. The van der Waals surface area contributed by atoms with Gasteiger partial charge in [-0.1, -0.05) is 0 Å². The predicted octanol–water partition coefficient (Wildman–Crippen LogP) is 0.487. The van der Waals surface area contributed by atoms with E-state index in [4.69, 9.17) is 5.73 Å². The number of sulfonamides is 1. The summed E-state index contributed by atoms with van der Waals surface area (Å²) in [6, 6.07) is 3.37. The minimum absolute atomic E-state index is 0.210. The van der Waals surface area contributed by atoms with Gasteiger partial charge in [-0.25, -0.2) is 13.1 Å². The molecule has 0 bridgehead atoms. The number of rotatable bonds is 4. The van der Waals surface area contributed by atoms with Gasteiger partial charge in [0.05, 0.1) is 0 Å². The lowest BCUT2D eigenvalue weighted by atomic mass is 10.1. The van der Waals surface area contributed by atoms with Crippen molar-refractivity contribution in [2.24, 2.45) is 11.7 Å². The molecule has 0 aromatic carbocycles. The largest absolute Gasteiger partial charge is 0.328 e.